The van der Waals surface area contributed by atoms with Gasteiger partial charge in [-0.25, -0.2) is 4.79 Å². The number of urea groups is 1. The van der Waals surface area contributed by atoms with Crippen molar-refractivity contribution >= 4 is 12.0 Å². The van der Waals surface area contributed by atoms with Crippen molar-refractivity contribution in [1.29, 1.82) is 0 Å². The van der Waals surface area contributed by atoms with E-state index in [1.54, 1.807) is 0 Å². The number of carboxylic acids is 1. The molecule has 0 aromatic heterocycles. The zero-order chi connectivity index (χ0) is 15.3. The lowest BCUT2D eigenvalue weighted by molar-refractivity contribution is -0.148. The van der Waals surface area contributed by atoms with E-state index < -0.39 is 11.4 Å². The second-order valence-corrected chi connectivity index (χ2v) is 6.88. The first-order valence-corrected chi connectivity index (χ1v) is 8.29. The second-order valence-electron chi connectivity index (χ2n) is 6.88. The Morgan fingerprint density at radius 3 is 2.38 bits per heavy atom. The average molecular weight is 296 g/mol. The third-order valence-electron chi connectivity index (χ3n) is 5.42. The lowest BCUT2D eigenvalue weighted by atomic mass is 9.80. The van der Waals surface area contributed by atoms with Crippen LogP contribution in [0.5, 0.6) is 0 Å². The van der Waals surface area contributed by atoms with Crippen LogP contribution in [-0.4, -0.2) is 30.2 Å². The monoisotopic (exact) mass is 296 g/mol. The number of carbonyl (C=O) groups excluding carboxylic acids is 1. The molecular weight excluding hydrogens is 268 g/mol. The summed E-state index contributed by atoms with van der Waals surface area (Å²) in [7, 11) is 0. The Morgan fingerprint density at radius 2 is 1.76 bits per heavy atom. The van der Waals surface area contributed by atoms with E-state index in [9.17, 15) is 14.7 Å². The first kappa shape index (κ1) is 16.1. The molecule has 0 spiro atoms. The fourth-order valence-electron chi connectivity index (χ4n) is 3.75. The molecule has 0 aliphatic heterocycles. The van der Waals surface area contributed by atoms with Crippen molar-refractivity contribution in [2.45, 2.75) is 58.3 Å². The Bertz CT molecular complexity index is 378. The lowest BCUT2D eigenvalue weighted by Gasteiger charge is -2.29. The molecule has 5 heteroatoms. The highest BCUT2D eigenvalue weighted by Gasteiger charge is 2.41. The second kappa shape index (κ2) is 7.14. The highest BCUT2D eigenvalue weighted by atomic mass is 16.4. The summed E-state index contributed by atoms with van der Waals surface area (Å²) in [5, 5.41) is 15.1. The van der Waals surface area contributed by atoms with Gasteiger partial charge in [0.1, 0.15) is 0 Å². The Balaban J connectivity index is 1.73. The normalized spacial score (nSPS) is 28.0. The molecule has 0 bridgehead atoms. The minimum absolute atomic E-state index is 0.222. The van der Waals surface area contributed by atoms with Gasteiger partial charge in [-0.05, 0) is 31.1 Å². The fourth-order valence-corrected chi connectivity index (χ4v) is 3.75. The van der Waals surface area contributed by atoms with Gasteiger partial charge in [0.05, 0.1) is 5.41 Å². The molecule has 2 atom stereocenters. The van der Waals surface area contributed by atoms with Crippen LogP contribution >= 0.6 is 0 Å². The van der Waals surface area contributed by atoms with Gasteiger partial charge in [0.25, 0.3) is 0 Å². The number of aliphatic carboxylic acids is 1. The van der Waals surface area contributed by atoms with E-state index in [1.165, 1.54) is 25.7 Å². The number of amides is 2. The summed E-state index contributed by atoms with van der Waals surface area (Å²) < 4.78 is 0. The molecule has 5 nitrogen and oxygen atoms in total. The zero-order valence-electron chi connectivity index (χ0n) is 13.0. The SMILES string of the molecule is CC1CCCCC1CNC(=O)NCC1(C(=O)O)CCCC1. The van der Waals surface area contributed by atoms with E-state index in [4.69, 9.17) is 0 Å². The third-order valence-corrected chi connectivity index (χ3v) is 5.42. The number of nitrogens with one attached hydrogen (secondary N) is 2. The van der Waals surface area contributed by atoms with Gasteiger partial charge in [0.15, 0.2) is 0 Å². The maximum absolute atomic E-state index is 11.9. The third kappa shape index (κ3) is 4.11. The number of hydrogen-bond donors (Lipinski definition) is 3. The Hall–Kier alpha value is -1.26. The highest BCUT2D eigenvalue weighted by Crippen LogP contribution is 2.37. The topological polar surface area (TPSA) is 78.4 Å². The van der Waals surface area contributed by atoms with Crippen LogP contribution in [0.4, 0.5) is 4.79 Å². The largest absolute Gasteiger partial charge is 0.481 e. The predicted octanol–water partition coefficient (Wildman–Crippen LogP) is 2.76. The first-order chi connectivity index (χ1) is 10.0. The van der Waals surface area contributed by atoms with Gasteiger partial charge >= 0.3 is 12.0 Å². The summed E-state index contributed by atoms with van der Waals surface area (Å²) in [6.45, 7) is 3.20. The maximum atomic E-state index is 11.9. The minimum Gasteiger partial charge on any atom is -0.481 e. The quantitative estimate of drug-likeness (QED) is 0.730. The summed E-state index contributed by atoms with van der Waals surface area (Å²) in [5.41, 5.74) is -0.741. The van der Waals surface area contributed by atoms with Crippen LogP contribution in [0.2, 0.25) is 0 Å². The van der Waals surface area contributed by atoms with Crippen LogP contribution in [0, 0.1) is 17.3 Å². The molecular formula is C16H28N2O3. The van der Waals surface area contributed by atoms with E-state index in [-0.39, 0.29) is 12.6 Å². The van der Waals surface area contributed by atoms with Crippen molar-refractivity contribution in [3.05, 3.63) is 0 Å². The fraction of sp³-hybridized carbons (Fsp3) is 0.875. The Kier molecular flexibility index (Phi) is 5.48. The predicted molar refractivity (Wildman–Crippen MR) is 81.1 cm³/mol. The molecule has 2 saturated carbocycles. The molecule has 3 N–H and O–H groups in total. The van der Waals surface area contributed by atoms with E-state index in [2.05, 4.69) is 17.6 Å². The van der Waals surface area contributed by atoms with Crippen molar-refractivity contribution in [1.82, 2.24) is 10.6 Å². The van der Waals surface area contributed by atoms with Gasteiger partial charge in [0, 0.05) is 13.1 Å². The Labute approximate surface area is 126 Å². The maximum Gasteiger partial charge on any atom is 0.314 e. The number of carbonyl (C=O) groups is 2. The van der Waals surface area contributed by atoms with E-state index in [0.717, 1.165) is 12.8 Å². The number of carboxylic acid groups (broad SMARTS) is 1. The van der Waals surface area contributed by atoms with E-state index in [0.29, 0.717) is 31.2 Å². The number of hydrogen-bond acceptors (Lipinski definition) is 2. The summed E-state index contributed by atoms with van der Waals surface area (Å²) >= 11 is 0. The molecule has 2 aliphatic rings. The molecule has 2 fully saturated rings. The standard InChI is InChI=1S/C16H28N2O3/c1-12-6-2-3-7-13(12)10-17-15(21)18-11-16(14(19)20)8-4-5-9-16/h12-13H,2-11H2,1H3,(H,19,20)(H2,17,18,21). The first-order valence-electron chi connectivity index (χ1n) is 8.29. The van der Waals surface area contributed by atoms with Crippen LogP contribution in [0.15, 0.2) is 0 Å². The molecule has 0 radical (unpaired) electrons. The van der Waals surface area contributed by atoms with E-state index >= 15 is 0 Å². The lowest BCUT2D eigenvalue weighted by Crippen LogP contribution is -2.46. The van der Waals surface area contributed by atoms with Crippen molar-refractivity contribution < 1.29 is 14.7 Å². The van der Waals surface area contributed by atoms with Crippen LogP contribution in [0.3, 0.4) is 0 Å². The van der Waals surface area contributed by atoms with Crippen LogP contribution in [0.1, 0.15) is 58.3 Å². The van der Waals surface area contributed by atoms with Gasteiger partial charge in [-0.15, -0.1) is 0 Å². The van der Waals surface area contributed by atoms with Gasteiger partial charge in [-0.1, -0.05) is 39.0 Å². The van der Waals surface area contributed by atoms with Gasteiger partial charge in [0.2, 0.25) is 0 Å². The number of rotatable bonds is 5. The molecule has 21 heavy (non-hydrogen) atoms. The van der Waals surface area contributed by atoms with Crippen molar-refractivity contribution in [3.8, 4) is 0 Å². The van der Waals surface area contributed by atoms with Crippen LogP contribution < -0.4 is 10.6 Å². The summed E-state index contributed by atoms with van der Waals surface area (Å²) in [4.78, 5) is 23.3. The van der Waals surface area contributed by atoms with Crippen LogP contribution in [-0.2, 0) is 4.79 Å². The van der Waals surface area contributed by atoms with E-state index in [1.807, 2.05) is 0 Å². The summed E-state index contributed by atoms with van der Waals surface area (Å²) in [5.74, 6) is 0.449. The molecule has 0 saturated heterocycles. The smallest absolute Gasteiger partial charge is 0.314 e. The molecule has 0 aromatic carbocycles. The van der Waals surface area contributed by atoms with Crippen LogP contribution in [0.25, 0.3) is 0 Å². The van der Waals surface area contributed by atoms with Gasteiger partial charge in [-0.3, -0.25) is 4.79 Å². The Morgan fingerprint density at radius 1 is 1.10 bits per heavy atom. The summed E-state index contributed by atoms with van der Waals surface area (Å²) in [6.07, 6.45) is 8.19. The molecule has 0 heterocycles. The van der Waals surface area contributed by atoms with Crippen molar-refractivity contribution in [2.24, 2.45) is 17.3 Å². The zero-order valence-corrected chi connectivity index (χ0v) is 13.0. The molecule has 2 unspecified atom stereocenters. The van der Waals surface area contributed by atoms with Gasteiger partial charge in [-0.2, -0.15) is 0 Å². The molecule has 2 aliphatic carbocycles. The van der Waals surface area contributed by atoms with Crippen molar-refractivity contribution in [3.63, 3.8) is 0 Å². The highest BCUT2D eigenvalue weighted by molar-refractivity contribution is 5.78. The molecule has 0 aromatic rings. The summed E-state index contributed by atoms with van der Waals surface area (Å²) in [6, 6.07) is -0.222. The molecule has 2 amide bonds. The molecule has 120 valence electrons. The minimum atomic E-state index is -0.777. The molecule has 2 rings (SSSR count). The van der Waals surface area contributed by atoms with Gasteiger partial charge < -0.3 is 15.7 Å². The average Bonchev–Trinajstić information content (AvgIpc) is 2.94. The van der Waals surface area contributed by atoms with Crippen molar-refractivity contribution in [2.75, 3.05) is 13.1 Å².